The lowest BCUT2D eigenvalue weighted by Crippen LogP contribution is -2.08. The van der Waals surface area contributed by atoms with Gasteiger partial charge in [-0.1, -0.05) is 32.9 Å². The average Bonchev–Trinajstić information content (AvgIpc) is 2.87. The third kappa shape index (κ3) is 2.86. The second kappa shape index (κ2) is 5.54. The summed E-state index contributed by atoms with van der Waals surface area (Å²) in [5.74, 6) is -0.359. The standard InChI is InChI=1S/C16H19FO2S/c1-16(2,3)13-9-8-12(20-13)15(18)10-6-5-7-11(19-4)14(10)17/h5-9,15,18H,1-4H3. The summed E-state index contributed by atoms with van der Waals surface area (Å²) in [5.41, 5.74) is 0.266. The van der Waals surface area contributed by atoms with Crippen LogP contribution in [0.15, 0.2) is 30.3 Å². The number of aliphatic hydroxyl groups excluding tert-OH is 1. The van der Waals surface area contributed by atoms with Gasteiger partial charge in [-0.05, 0) is 23.6 Å². The van der Waals surface area contributed by atoms with Crippen molar-refractivity contribution in [3.8, 4) is 5.75 Å². The van der Waals surface area contributed by atoms with Gasteiger partial charge < -0.3 is 9.84 Å². The van der Waals surface area contributed by atoms with Crippen LogP contribution >= 0.6 is 11.3 Å². The van der Waals surface area contributed by atoms with Crippen LogP contribution in [0.3, 0.4) is 0 Å². The topological polar surface area (TPSA) is 29.5 Å². The van der Waals surface area contributed by atoms with Gasteiger partial charge in [0.2, 0.25) is 0 Å². The van der Waals surface area contributed by atoms with Crippen LogP contribution in [0.2, 0.25) is 0 Å². The van der Waals surface area contributed by atoms with Gasteiger partial charge in [-0.2, -0.15) is 0 Å². The maximum Gasteiger partial charge on any atom is 0.171 e. The Morgan fingerprint density at radius 3 is 2.45 bits per heavy atom. The minimum absolute atomic E-state index is 0.0234. The highest BCUT2D eigenvalue weighted by Gasteiger charge is 2.22. The first kappa shape index (κ1) is 15.0. The molecule has 0 aliphatic rings. The Kier molecular flexibility index (Phi) is 4.16. The highest BCUT2D eigenvalue weighted by Crippen LogP contribution is 2.36. The van der Waals surface area contributed by atoms with Gasteiger partial charge in [0.1, 0.15) is 6.10 Å². The molecule has 1 atom stereocenters. The Morgan fingerprint density at radius 2 is 1.90 bits per heavy atom. The van der Waals surface area contributed by atoms with E-state index in [1.165, 1.54) is 18.4 Å². The first-order valence-electron chi connectivity index (χ1n) is 6.45. The van der Waals surface area contributed by atoms with Crippen molar-refractivity contribution in [1.29, 1.82) is 0 Å². The SMILES string of the molecule is COc1cccc(C(O)c2ccc(C(C)(C)C)s2)c1F. The Hall–Kier alpha value is -1.39. The molecule has 1 N–H and O–H groups in total. The van der Waals surface area contributed by atoms with Crippen molar-refractivity contribution in [2.45, 2.75) is 32.3 Å². The molecule has 0 amide bonds. The Balaban J connectivity index is 2.37. The van der Waals surface area contributed by atoms with E-state index in [1.54, 1.807) is 18.2 Å². The molecule has 1 aromatic heterocycles. The van der Waals surface area contributed by atoms with Crippen molar-refractivity contribution in [3.05, 3.63) is 51.5 Å². The van der Waals surface area contributed by atoms with E-state index in [0.717, 1.165) is 9.75 Å². The number of methoxy groups -OCH3 is 1. The summed E-state index contributed by atoms with van der Waals surface area (Å²) in [7, 11) is 1.41. The van der Waals surface area contributed by atoms with E-state index < -0.39 is 11.9 Å². The van der Waals surface area contributed by atoms with Crippen LogP contribution in [0, 0.1) is 5.82 Å². The Bertz CT molecular complexity index is 599. The molecular weight excluding hydrogens is 275 g/mol. The molecule has 1 heterocycles. The second-order valence-corrected chi connectivity index (χ2v) is 6.83. The van der Waals surface area contributed by atoms with Crippen LogP contribution in [-0.4, -0.2) is 12.2 Å². The zero-order valence-electron chi connectivity index (χ0n) is 12.1. The second-order valence-electron chi connectivity index (χ2n) is 5.72. The van der Waals surface area contributed by atoms with Crippen molar-refractivity contribution < 1.29 is 14.2 Å². The Morgan fingerprint density at radius 1 is 1.20 bits per heavy atom. The molecular formula is C16H19FO2S. The third-order valence-electron chi connectivity index (χ3n) is 3.14. The normalized spacial score (nSPS) is 13.3. The maximum absolute atomic E-state index is 14.2. The van der Waals surface area contributed by atoms with Gasteiger partial charge in [0.25, 0.3) is 0 Å². The summed E-state index contributed by atoms with van der Waals surface area (Å²) in [6.07, 6.45) is -0.966. The third-order valence-corrected chi connectivity index (χ3v) is 4.71. The van der Waals surface area contributed by atoms with E-state index in [1.807, 2.05) is 12.1 Å². The van der Waals surface area contributed by atoms with Crippen LogP contribution < -0.4 is 4.74 Å². The van der Waals surface area contributed by atoms with Crippen LogP contribution in [0.4, 0.5) is 4.39 Å². The highest BCUT2D eigenvalue weighted by molar-refractivity contribution is 7.12. The minimum atomic E-state index is -0.966. The summed E-state index contributed by atoms with van der Waals surface area (Å²) >= 11 is 1.51. The molecule has 20 heavy (non-hydrogen) atoms. The number of halogens is 1. The molecule has 0 aliphatic carbocycles. The van der Waals surface area contributed by atoms with E-state index >= 15 is 0 Å². The van der Waals surface area contributed by atoms with Gasteiger partial charge >= 0.3 is 0 Å². The number of benzene rings is 1. The zero-order valence-corrected chi connectivity index (χ0v) is 12.9. The fourth-order valence-corrected chi connectivity index (χ4v) is 3.02. The summed E-state index contributed by atoms with van der Waals surface area (Å²) < 4.78 is 19.1. The van der Waals surface area contributed by atoms with E-state index in [0.29, 0.717) is 0 Å². The summed E-state index contributed by atoms with van der Waals surface area (Å²) in [6, 6.07) is 8.65. The molecule has 0 saturated carbocycles. The van der Waals surface area contributed by atoms with Gasteiger partial charge in [0.15, 0.2) is 11.6 Å². The molecule has 108 valence electrons. The average molecular weight is 294 g/mol. The summed E-state index contributed by atoms with van der Waals surface area (Å²) in [6.45, 7) is 6.34. The zero-order chi connectivity index (χ0) is 14.9. The largest absolute Gasteiger partial charge is 0.494 e. The van der Waals surface area contributed by atoms with E-state index in [2.05, 4.69) is 20.8 Å². The molecule has 1 unspecified atom stereocenters. The first-order valence-corrected chi connectivity index (χ1v) is 7.27. The molecule has 0 fully saturated rings. The number of hydrogen-bond acceptors (Lipinski definition) is 3. The van der Waals surface area contributed by atoms with E-state index in [4.69, 9.17) is 4.74 Å². The van der Waals surface area contributed by atoms with Gasteiger partial charge in [-0.25, -0.2) is 4.39 Å². The molecule has 0 radical (unpaired) electrons. The maximum atomic E-state index is 14.2. The van der Waals surface area contributed by atoms with Crippen molar-refractivity contribution in [3.63, 3.8) is 0 Å². The first-order chi connectivity index (χ1) is 9.34. The van der Waals surface area contributed by atoms with Crippen molar-refractivity contribution >= 4 is 11.3 Å². The van der Waals surface area contributed by atoms with Gasteiger partial charge in [-0.3, -0.25) is 0 Å². The lowest BCUT2D eigenvalue weighted by molar-refractivity contribution is 0.217. The molecule has 0 spiro atoms. The summed E-state index contributed by atoms with van der Waals surface area (Å²) in [4.78, 5) is 1.90. The highest BCUT2D eigenvalue weighted by atomic mass is 32.1. The molecule has 2 aromatic rings. The molecule has 4 heteroatoms. The molecule has 2 rings (SSSR count). The van der Waals surface area contributed by atoms with Crippen molar-refractivity contribution in [2.75, 3.05) is 7.11 Å². The molecule has 1 aromatic carbocycles. The molecule has 0 aliphatic heterocycles. The van der Waals surface area contributed by atoms with E-state index in [9.17, 15) is 9.50 Å². The van der Waals surface area contributed by atoms with Crippen LogP contribution in [0.5, 0.6) is 5.75 Å². The predicted octanol–water partition coefficient (Wildman–Crippen LogP) is 4.28. The fourth-order valence-electron chi connectivity index (χ4n) is 1.95. The van der Waals surface area contributed by atoms with Crippen molar-refractivity contribution in [2.24, 2.45) is 0 Å². The quantitative estimate of drug-likeness (QED) is 0.915. The Labute approximate surface area is 122 Å². The van der Waals surface area contributed by atoms with Crippen molar-refractivity contribution in [1.82, 2.24) is 0 Å². The van der Waals surface area contributed by atoms with Crippen LogP contribution in [0.25, 0.3) is 0 Å². The smallest absolute Gasteiger partial charge is 0.171 e. The van der Waals surface area contributed by atoms with Crippen LogP contribution in [0.1, 0.15) is 42.2 Å². The fraction of sp³-hybridized carbons (Fsp3) is 0.375. The monoisotopic (exact) mass is 294 g/mol. The van der Waals surface area contributed by atoms with Gasteiger partial charge in [0, 0.05) is 15.3 Å². The lowest BCUT2D eigenvalue weighted by Gasteiger charge is -2.16. The van der Waals surface area contributed by atoms with Gasteiger partial charge in [-0.15, -0.1) is 11.3 Å². The number of ether oxygens (including phenoxy) is 1. The summed E-state index contributed by atoms with van der Waals surface area (Å²) in [5, 5.41) is 10.4. The molecule has 2 nitrogen and oxygen atoms in total. The lowest BCUT2D eigenvalue weighted by atomic mass is 9.95. The minimum Gasteiger partial charge on any atom is -0.494 e. The van der Waals surface area contributed by atoms with E-state index in [-0.39, 0.29) is 16.7 Å². The van der Waals surface area contributed by atoms with Crippen LogP contribution in [-0.2, 0) is 5.41 Å². The predicted molar refractivity (Wildman–Crippen MR) is 80.0 cm³/mol. The molecule has 0 saturated heterocycles. The number of aliphatic hydroxyl groups is 1. The number of thiophene rings is 1. The molecule has 0 bridgehead atoms. The van der Waals surface area contributed by atoms with Gasteiger partial charge in [0.05, 0.1) is 7.11 Å². The number of hydrogen-bond donors (Lipinski definition) is 1. The number of rotatable bonds is 3.